The van der Waals surface area contributed by atoms with Crippen molar-refractivity contribution in [2.45, 2.75) is 38.6 Å². The smallest absolute Gasteiger partial charge is 0.242 e. The molecule has 3 N–H and O–H groups in total. The Labute approximate surface area is 121 Å². The first-order chi connectivity index (χ1) is 9.63. The van der Waals surface area contributed by atoms with Crippen LogP contribution < -0.4 is 16.0 Å². The van der Waals surface area contributed by atoms with Gasteiger partial charge >= 0.3 is 0 Å². The molecule has 0 aromatic heterocycles. The van der Waals surface area contributed by atoms with Crippen LogP contribution in [-0.2, 0) is 14.3 Å². The summed E-state index contributed by atoms with van der Waals surface area (Å²) in [5.74, 6) is 0.361. The van der Waals surface area contributed by atoms with Crippen LogP contribution in [0.4, 0.5) is 0 Å². The highest BCUT2D eigenvalue weighted by Gasteiger charge is 2.17. The van der Waals surface area contributed by atoms with E-state index in [0.29, 0.717) is 25.5 Å². The van der Waals surface area contributed by atoms with E-state index in [1.807, 2.05) is 0 Å². The molecule has 1 fully saturated rings. The van der Waals surface area contributed by atoms with Crippen molar-refractivity contribution >= 4 is 11.8 Å². The van der Waals surface area contributed by atoms with Crippen LogP contribution in [0.5, 0.6) is 0 Å². The molecule has 0 radical (unpaired) electrons. The van der Waals surface area contributed by atoms with Gasteiger partial charge in [0.05, 0.1) is 6.61 Å². The molecule has 6 heteroatoms. The van der Waals surface area contributed by atoms with Gasteiger partial charge in [-0.2, -0.15) is 0 Å². The lowest BCUT2D eigenvalue weighted by molar-refractivity contribution is -0.128. The first-order valence-corrected chi connectivity index (χ1v) is 7.40. The number of piperidine rings is 1. The Morgan fingerprint density at radius 3 is 2.90 bits per heavy atom. The van der Waals surface area contributed by atoms with E-state index in [9.17, 15) is 9.59 Å². The Bertz CT molecular complexity index is 304. The standard InChI is InChI=1S/C14H27N3O3/c1-11(14(19)16-8-9-20-2)17-13(18)6-5-12-4-3-7-15-10-12/h11-12,15H,3-10H2,1-2H3,(H,16,19)(H,17,18). The maximum atomic E-state index is 11.8. The Kier molecular flexibility index (Phi) is 8.22. The van der Waals surface area contributed by atoms with Crippen LogP contribution in [0.25, 0.3) is 0 Å². The van der Waals surface area contributed by atoms with Crippen LogP contribution in [0.1, 0.15) is 32.6 Å². The molecule has 0 saturated carbocycles. The minimum atomic E-state index is -0.496. The molecule has 2 atom stereocenters. The molecule has 2 amide bonds. The van der Waals surface area contributed by atoms with Gasteiger partial charge in [0.2, 0.25) is 11.8 Å². The van der Waals surface area contributed by atoms with Gasteiger partial charge in [0.15, 0.2) is 0 Å². The predicted molar refractivity (Wildman–Crippen MR) is 77.3 cm³/mol. The average Bonchev–Trinajstić information content (AvgIpc) is 2.46. The molecule has 116 valence electrons. The van der Waals surface area contributed by atoms with E-state index in [0.717, 1.165) is 19.5 Å². The summed E-state index contributed by atoms with van der Waals surface area (Å²) in [6, 6.07) is -0.496. The van der Waals surface area contributed by atoms with Crippen molar-refractivity contribution in [1.29, 1.82) is 0 Å². The second-order valence-corrected chi connectivity index (χ2v) is 5.32. The molecule has 0 aliphatic carbocycles. The van der Waals surface area contributed by atoms with E-state index in [1.54, 1.807) is 14.0 Å². The molecular formula is C14H27N3O3. The number of carbonyl (C=O) groups is 2. The Morgan fingerprint density at radius 1 is 1.45 bits per heavy atom. The third-order valence-electron chi connectivity index (χ3n) is 3.55. The van der Waals surface area contributed by atoms with E-state index in [4.69, 9.17) is 4.74 Å². The van der Waals surface area contributed by atoms with Gasteiger partial charge in [-0.1, -0.05) is 0 Å². The van der Waals surface area contributed by atoms with Gasteiger partial charge in [-0.3, -0.25) is 9.59 Å². The molecule has 0 aromatic rings. The normalized spacial score (nSPS) is 20.2. The molecule has 0 spiro atoms. The lowest BCUT2D eigenvalue weighted by Gasteiger charge is -2.22. The number of ether oxygens (including phenoxy) is 1. The van der Waals surface area contributed by atoms with Crippen molar-refractivity contribution in [1.82, 2.24) is 16.0 Å². The number of nitrogens with one attached hydrogen (secondary N) is 3. The molecule has 1 aliphatic heterocycles. The SMILES string of the molecule is COCCNC(=O)C(C)NC(=O)CCC1CCCNC1. The third-order valence-corrected chi connectivity index (χ3v) is 3.55. The van der Waals surface area contributed by atoms with Crippen molar-refractivity contribution in [3.8, 4) is 0 Å². The van der Waals surface area contributed by atoms with E-state index in [-0.39, 0.29) is 11.8 Å². The number of hydrogen-bond acceptors (Lipinski definition) is 4. The number of rotatable bonds is 8. The van der Waals surface area contributed by atoms with Gasteiger partial charge in [-0.05, 0) is 45.2 Å². The van der Waals surface area contributed by atoms with Crippen molar-refractivity contribution in [2.24, 2.45) is 5.92 Å². The zero-order valence-electron chi connectivity index (χ0n) is 12.5. The lowest BCUT2D eigenvalue weighted by Crippen LogP contribution is -2.45. The second-order valence-electron chi connectivity index (χ2n) is 5.32. The predicted octanol–water partition coefficient (Wildman–Crippen LogP) is 0.0335. The van der Waals surface area contributed by atoms with Gasteiger partial charge in [-0.15, -0.1) is 0 Å². The summed E-state index contributed by atoms with van der Waals surface area (Å²) in [4.78, 5) is 23.5. The molecule has 1 heterocycles. The van der Waals surface area contributed by atoms with Crippen LogP contribution in [0.3, 0.4) is 0 Å². The van der Waals surface area contributed by atoms with Crippen LogP contribution in [0.2, 0.25) is 0 Å². The van der Waals surface area contributed by atoms with Crippen LogP contribution in [-0.4, -0.2) is 51.2 Å². The maximum absolute atomic E-state index is 11.8. The molecule has 20 heavy (non-hydrogen) atoms. The summed E-state index contributed by atoms with van der Waals surface area (Å²) < 4.78 is 4.85. The lowest BCUT2D eigenvalue weighted by atomic mass is 9.94. The zero-order valence-corrected chi connectivity index (χ0v) is 12.5. The number of carbonyl (C=O) groups excluding carboxylic acids is 2. The Hall–Kier alpha value is -1.14. The minimum absolute atomic E-state index is 0.0510. The Morgan fingerprint density at radius 2 is 2.25 bits per heavy atom. The monoisotopic (exact) mass is 285 g/mol. The fourth-order valence-electron chi connectivity index (χ4n) is 2.31. The summed E-state index contributed by atoms with van der Waals surface area (Å²) in [6.45, 7) is 4.72. The topological polar surface area (TPSA) is 79.5 Å². The van der Waals surface area contributed by atoms with Crippen LogP contribution >= 0.6 is 0 Å². The van der Waals surface area contributed by atoms with Gasteiger partial charge in [0.1, 0.15) is 6.04 Å². The molecule has 6 nitrogen and oxygen atoms in total. The molecule has 0 bridgehead atoms. The first kappa shape index (κ1) is 16.9. The zero-order chi connectivity index (χ0) is 14.8. The fraction of sp³-hybridized carbons (Fsp3) is 0.857. The summed E-state index contributed by atoms with van der Waals surface area (Å²) in [5.41, 5.74) is 0. The first-order valence-electron chi connectivity index (χ1n) is 7.40. The molecule has 1 saturated heterocycles. The van der Waals surface area contributed by atoms with Gasteiger partial charge < -0.3 is 20.7 Å². The third kappa shape index (κ3) is 6.86. The Balaban J connectivity index is 2.14. The van der Waals surface area contributed by atoms with Gasteiger partial charge in [0, 0.05) is 20.1 Å². The van der Waals surface area contributed by atoms with Crippen molar-refractivity contribution in [3.05, 3.63) is 0 Å². The van der Waals surface area contributed by atoms with Crippen molar-refractivity contribution in [3.63, 3.8) is 0 Å². The minimum Gasteiger partial charge on any atom is -0.383 e. The van der Waals surface area contributed by atoms with Gasteiger partial charge in [-0.25, -0.2) is 0 Å². The number of amides is 2. The van der Waals surface area contributed by atoms with E-state index in [1.165, 1.54) is 12.8 Å². The molecule has 1 rings (SSSR count). The van der Waals surface area contributed by atoms with Crippen molar-refractivity contribution in [2.75, 3.05) is 33.4 Å². The summed E-state index contributed by atoms with van der Waals surface area (Å²) >= 11 is 0. The number of methoxy groups -OCH3 is 1. The highest BCUT2D eigenvalue weighted by Crippen LogP contribution is 2.15. The van der Waals surface area contributed by atoms with Crippen LogP contribution in [0.15, 0.2) is 0 Å². The van der Waals surface area contributed by atoms with E-state index >= 15 is 0 Å². The summed E-state index contributed by atoms with van der Waals surface area (Å²) in [5, 5.41) is 8.78. The van der Waals surface area contributed by atoms with E-state index in [2.05, 4.69) is 16.0 Å². The molecule has 0 aromatic carbocycles. The van der Waals surface area contributed by atoms with E-state index < -0.39 is 6.04 Å². The summed E-state index contributed by atoms with van der Waals surface area (Å²) in [6.07, 6.45) is 3.75. The molecule has 2 unspecified atom stereocenters. The second kappa shape index (κ2) is 9.72. The van der Waals surface area contributed by atoms with Crippen LogP contribution in [0, 0.1) is 5.92 Å². The number of hydrogen-bond donors (Lipinski definition) is 3. The molecule has 1 aliphatic rings. The summed E-state index contributed by atoms with van der Waals surface area (Å²) in [7, 11) is 1.58. The highest BCUT2D eigenvalue weighted by atomic mass is 16.5. The van der Waals surface area contributed by atoms with Crippen molar-refractivity contribution < 1.29 is 14.3 Å². The van der Waals surface area contributed by atoms with Gasteiger partial charge in [0.25, 0.3) is 0 Å². The maximum Gasteiger partial charge on any atom is 0.242 e. The quantitative estimate of drug-likeness (QED) is 0.550. The molecular weight excluding hydrogens is 258 g/mol. The highest BCUT2D eigenvalue weighted by molar-refractivity contribution is 5.87. The fourth-order valence-corrected chi connectivity index (χ4v) is 2.31. The largest absolute Gasteiger partial charge is 0.383 e. The average molecular weight is 285 g/mol.